The summed E-state index contributed by atoms with van der Waals surface area (Å²) in [4.78, 5) is 38.4. The van der Waals surface area contributed by atoms with Crippen molar-refractivity contribution in [3.63, 3.8) is 0 Å². The summed E-state index contributed by atoms with van der Waals surface area (Å²) in [5.41, 5.74) is 0.659. The number of carbonyl (C=O) groups excluding carboxylic acids is 3. The number of para-hydroxylation sites is 1. The van der Waals surface area contributed by atoms with E-state index >= 15 is 0 Å². The van der Waals surface area contributed by atoms with E-state index in [0.29, 0.717) is 6.61 Å². The number of anilines is 1. The van der Waals surface area contributed by atoms with E-state index < -0.39 is 17.8 Å². The molecule has 0 aromatic heterocycles. The van der Waals surface area contributed by atoms with Crippen molar-refractivity contribution in [2.24, 2.45) is 23.2 Å². The Labute approximate surface area is 172 Å². The van der Waals surface area contributed by atoms with Crippen LogP contribution in [0.1, 0.15) is 48.9 Å². The van der Waals surface area contributed by atoms with Crippen LogP contribution in [0.15, 0.2) is 34.8 Å². The minimum absolute atomic E-state index is 0.128. The second-order valence-electron chi connectivity index (χ2n) is 8.98. The Morgan fingerprint density at radius 2 is 1.68 bits per heavy atom. The van der Waals surface area contributed by atoms with Gasteiger partial charge >= 0.3 is 5.97 Å². The predicted octanol–water partition coefficient (Wildman–Crippen LogP) is 4.21. The molecule has 5 nitrogen and oxygen atoms in total. The number of nitrogens with zero attached hydrogens (tertiary/aromatic N) is 1. The number of ether oxygens (including phenoxy) is 1. The van der Waals surface area contributed by atoms with Gasteiger partial charge in [0, 0.05) is 11.5 Å². The van der Waals surface area contributed by atoms with E-state index in [9.17, 15) is 14.4 Å². The van der Waals surface area contributed by atoms with Gasteiger partial charge in [0.1, 0.15) is 0 Å². The number of carbonyl (C=O) groups is 3. The molecule has 4 saturated carbocycles. The van der Waals surface area contributed by atoms with Crippen molar-refractivity contribution in [2.45, 2.75) is 38.5 Å². The molecule has 1 aromatic rings. The zero-order valence-corrected chi connectivity index (χ0v) is 17.1. The maximum absolute atomic E-state index is 12.9. The molecule has 146 valence electrons. The van der Waals surface area contributed by atoms with Gasteiger partial charge in [0.15, 0.2) is 0 Å². The molecule has 0 saturated heterocycles. The summed E-state index contributed by atoms with van der Waals surface area (Å²) in [6.07, 6.45) is 8.74. The minimum Gasteiger partial charge on any atom is -0.461 e. The van der Waals surface area contributed by atoms with Crippen molar-refractivity contribution in [1.29, 1.82) is 0 Å². The molecular weight excluding hydrogens is 422 g/mol. The first-order valence-corrected chi connectivity index (χ1v) is 10.8. The number of hydrogen-bond acceptors (Lipinski definition) is 4. The number of hydrogen-bond donors (Lipinski definition) is 0. The van der Waals surface area contributed by atoms with Crippen molar-refractivity contribution in [1.82, 2.24) is 0 Å². The molecule has 6 heteroatoms. The number of rotatable bonds is 4. The lowest BCUT2D eigenvalue weighted by atomic mass is 9.50. The van der Waals surface area contributed by atoms with E-state index in [4.69, 9.17) is 4.74 Å². The zero-order chi connectivity index (χ0) is 19.5. The van der Waals surface area contributed by atoms with Crippen LogP contribution in [0.3, 0.4) is 0 Å². The summed E-state index contributed by atoms with van der Waals surface area (Å²) >= 11 is 3.10. The molecular formula is C22H22BrNO4. The van der Waals surface area contributed by atoms with Crippen LogP contribution in [0.2, 0.25) is 0 Å². The van der Waals surface area contributed by atoms with Crippen LogP contribution in [0, 0.1) is 23.2 Å². The highest BCUT2D eigenvalue weighted by molar-refractivity contribution is 9.12. The van der Waals surface area contributed by atoms with Gasteiger partial charge in [-0.25, -0.2) is 9.69 Å². The molecule has 28 heavy (non-hydrogen) atoms. The Balaban J connectivity index is 1.34. The molecule has 6 rings (SSSR count). The smallest absolute Gasteiger partial charge is 0.340 e. The van der Waals surface area contributed by atoms with Gasteiger partial charge in [-0.3, -0.25) is 9.59 Å². The molecule has 1 aliphatic heterocycles. The topological polar surface area (TPSA) is 63.7 Å². The van der Waals surface area contributed by atoms with Crippen LogP contribution < -0.4 is 4.90 Å². The van der Waals surface area contributed by atoms with Gasteiger partial charge in [0.25, 0.3) is 11.8 Å². The van der Waals surface area contributed by atoms with Crippen LogP contribution in [0.4, 0.5) is 5.69 Å². The van der Waals surface area contributed by atoms with Crippen molar-refractivity contribution >= 4 is 39.4 Å². The maximum atomic E-state index is 12.9. The van der Waals surface area contributed by atoms with Crippen LogP contribution in [0.25, 0.3) is 0 Å². The molecule has 0 radical (unpaired) electrons. The number of benzene rings is 1. The summed E-state index contributed by atoms with van der Waals surface area (Å²) < 4.78 is 5.98. The minimum atomic E-state index is -0.466. The third-order valence-electron chi connectivity index (χ3n) is 6.92. The SMILES string of the molecule is O=C(OCC12CC3CC(CC(C3)C1)C2)c1ccccc1N1C(=O)C=C(Br)C1=O. The fourth-order valence-electron chi connectivity index (χ4n) is 6.27. The quantitative estimate of drug-likeness (QED) is 0.516. The van der Waals surface area contributed by atoms with Crippen molar-refractivity contribution in [3.05, 3.63) is 40.4 Å². The molecule has 0 N–H and O–H groups in total. The van der Waals surface area contributed by atoms with Crippen LogP contribution in [-0.2, 0) is 14.3 Å². The highest BCUT2D eigenvalue weighted by Gasteiger charge is 2.51. The zero-order valence-electron chi connectivity index (χ0n) is 15.5. The van der Waals surface area contributed by atoms with Crippen molar-refractivity contribution < 1.29 is 19.1 Å². The Kier molecular flexibility index (Phi) is 4.23. The predicted molar refractivity (Wildman–Crippen MR) is 107 cm³/mol. The van der Waals surface area contributed by atoms with E-state index in [2.05, 4.69) is 15.9 Å². The summed E-state index contributed by atoms with van der Waals surface area (Å²) in [6, 6.07) is 6.65. The highest BCUT2D eigenvalue weighted by Crippen LogP contribution is 2.60. The average molecular weight is 444 g/mol. The van der Waals surface area contributed by atoms with Gasteiger partial charge in [-0.05, 0) is 84.3 Å². The molecule has 4 aliphatic carbocycles. The maximum Gasteiger partial charge on any atom is 0.340 e. The second-order valence-corrected chi connectivity index (χ2v) is 9.84. The van der Waals surface area contributed by atoms with E-state index in [-0.39, 0.29) is 21.1 Å². The Bertz CT molecular complexity index is 870. The monoisotopic (exact) mass is 443 g/mol. The molecule has 0 unspecified atom stereocenters. The summed E-state index contributed by atoms with van der Waals surface area (Å²) in [6.45, 7) is 0.438. The lowest BCUT2D eigenvalue weighted by Crippen LogP contribution is -2.48. The summed E-state index contributed by atoms with van der Waals surface area (Å²) in [7, 11) is 0. The standard InChI is InChI=1S/C22H22BrNO4/c23-17-8-19(25)24(20(17)26)18-4-2-1-3-16(18)21(27)28-12-22-9-13-5-14(10-22)7-15(6-13)11-22/h1-4,8,13-15H,5-7,9-12H2. The highest BCUT2D eigenvalue weighted by atomic mass is 79.9. The molecule has 1 heterocycles. The Hall–Kier alpha value is -1.95. The van der Waals surface area contributed by atoms with E-state index in [1.54, 1.807) is 24.3 Å². The van der Waals surface area contributed by atoms with Crippen LogP contribution in [-0.4, -0.2) is 24.4 Å². The molecule has 5 aliphatic rings. The first kappa shape index (κ1) is 18.1. The van der Waals surface area contributed by atoms with Gasteiger partial charge in [-0.15, -0.1) is 0 Å². The number of imide groups is 1. The number of halogens is 1. The van der Waals surface area contributed by atoms with Gasteiger partial charge in [0.05, 0.1) is 22.3 Å². The lowest BCUT2D eigenvalue weighted by molar-refractivity contribution is -0.120. The molecule has 0 atom stereocenters. The molecule has 4 fully saturated rings. The molecule has 4 bridgehead atoms. The summed E-state index contributed by atoms with van der Waals surface area (Å²) in [5, 5.41) is 0. The number of esters is 1. The van der Waals surface area contributed by atoms with Crippen molar-refractivity contribution in [3.8, 4) is 0 Å². The molecule has 0 spiro atoms. The first-order valence-electron chi connectivity index (χ1n) is 9.96. The van der Waals surface area contributed by atoms with Gasteiger partial charge in [-0.2, -0.15) is 0 Å². The normalized spacial score (nSPS) is 33.4. The molecule has 1 aromatic carbocycles. The number of amides is 2. The Morgan fingerprint density at radius 3 is 2.25 bits per heavy atom. The van der Waals surface area contributed by atoms with E-state index in [1.807, 2.05) is 0 Å². The average Bonchev–Trinajstić information content (AvgIpc) is 2.90. The van der Waals surface area contributed by atoms with Gasteiger partial charge in [-0.1, -0.05) is 12.1 Å². The third kappa shape index (κ3) is 2.93. The second kappa shape index (κ2) is 6.55. The lowest BCUT2D eigenvalue weighted by Gasteiger charge is -2.56. The fraction of sp³-hybridized carbons (Fsp3) is 0.500. The summed E-state index contributed by atoms with van der Waals surface area (Å²) in [5.74, 6) is 0.987. The molecule has 2 amide bonds. The van der Waals surface area contributed by atoms with Crippen LogP contribution >= 0.6 is 15.9 Å². The van der Waals surface area contributed by atoms with E-state index in [1.165, 1.54) is 25.3 Å². The first-order chi connectivity index (χ1) is 13.4. The fourth-order valence-corrected chi connectivity index (χ4v) is 6.65. The van der Waals surface area contributed by atoms with Crippen LogP contribution in [0.5, 0.6) is 0 Å². The largest absolute Gasteiger partial charge is 0.461 e. The van der Waals surface area contributed by atoms with Crippen molar-refractivity contribution in [2.75, 3.05) is 11.5 Å². The third-order valence-corrected chi connectivity index (χ3v) is 7.49. The van der Waals surface area contributed by atoms with Gasteiger partial charge < -0.3 is 4.74 Å². The van der Waals surface area contributed by atoms with Gasteiger partial charge in [0.2, 0.25) is 0 Å². The van der Waals surface area contributed by atoms with E-state index in [0.717, 1.165) is 41.9 Å². The Morgan fingerprint density at radius 1 is 1.07 bits per heavy atom.